The maximum atomic E-state index is 13.0. The molecule has 0 radical (unpaired) electrons. The van der Waals surface area contributed by atoms with E-state index in [0.29, 0.717) is 52.1 Å². The molecular formula is C29H28N6O6. The normalized spacial score (nSPS) is 10.5. The van der Waals surface area contributed by atoms with Crippen molar-refractivity contribution in [1.82, 2.24) is 14.5 Å². The monoisotopic (exact) mass is 556 g/mol. The van der Waals surface area contributed by atoms with Gasteiger partial charge < -0.3 is 36.0 Å². The zero-order chi connectivity index (χ0) is 29.7. The van der Waals surface area contributed by atoms with E-state index >= 15 is 0 Å². The summed E-state index contributed by atoms with van der Waals surface area (Å²) in [6.07, 6.45) is 3.38. The van der Waals surface area contributed by atoms with Crippen molar-refractivity contribution in [2.24, 2.45) is 5.73 Å². The molecule has 4 aromatic rings. The molecule has 2 aromatic heterocycles. The molecule has 210 valence electrons. The minimum atomic E-state index is -0.921. The number of amides is 1. The third-order valence-corrected chi connectivity index (χ3v) is 6.18. The number of fused-ring (bicyclic) bond motifs is 1. The number of nitrogen functional groups attached to an aromatic ring is 2. The molecule has 0 aliphatic heterocycles. The Morgan fingerprint density at radius 1 is 1.07 bits per heavy atom. The van der Waals surface area contributed by atoms with Crippen LogP contribution in [-0.2, 0) is 22.5 Å². The summed E-state index contributed by atoms with van der Waals surface area (Å²) < 4.78 is 17.7. The standard InChI is InChI=1S/C29H28N6O6/c1-4-35-14-21(28(38)41-15-24(30)36)25(37)20-8-6-16(11-22(20)35)5-7-18-9-17(12-23(39-2)26(18)40-3)10-19-13-33-29(32)34-27(19)31/h6,8-9,11-14H,4,10,15H2,1-3H3,(H2,30,36)(H4,31,32,33,34). The Labute approximate surface area is 235 Å². The molecule has 41 heavy (non-hydrogen) atoms. The van der Waals surface area contributed by atoms with E-state index < -0.39 is 23.9 Å². The summed E-state index contributed by atoms with van der Waals surface area (Å²) in [5.74, 6) is 5.83. The van der Waals surface area contributed by atoms with Gasteiger partial charge in [-0.25, -0.2) is 9.78 Å². The van der Waals surface area contributed by atoms with Gasteiger partial charge in [-0.2, -0.15) is 4.98 Å². The summed E-state index contributed by atoms with van der Waals surface area (Å²) in [7, 11) is 3.06. The average molecular weight is 557 g/mol. The Morgan fingerprint density at radius 2 is 1.85 bits per heavy atom. The smallest absolute Gasteiger partial charge is 0.344 e. The highest BCUT2D eigenvalue weighted by Gasteiger charge is 2.18. The fourth-order valence-corrected chi connectivity index (χ4v) is 4.24. The molecular weight excluding hydrogens is 528 g/mol. The van der Waals surface area contributed by atoms with E-state index in [-0.39, 0.29) is 17.3 Å². The number of aromatic nitrogens is 3. The first kappa shape index (κ1) is 28.4. The Bertz CT molecular complexity index is 1790. The number of primary amides is 1. The van der Waals surface area contributed by atoms with Crippen molar-refractivity contribution in [2.75, 3.05) is 32.3 Å². The molecule has 0 saturated heterocycles. The number of nitrogens with two attached hydrogens (primary N) is 3. The van der Waals surface area contributed by atoms with E-state index in [1.807, 2.05) is 19.1 Å². The predicted octanol–water partition coefficient (Wildman–Crippen LogP) is 1.63. The van der Waals surface area contributed by atoms with Gasteiger partial charge in [0.1, 0.15) is 11.4 Å². The van der Waals surface area contributed by atoms with Crippen molar-refractivity contribution in [3.05, 3.63) is 80.8 Å². The van der Waals surface area contributed by atoms with Crippen molar-refractivity contribution in [2.45, 2.75) is 19.9 Å². The number of ether oxygens (including phenoxy) is 3. The molecule has 0 unspecified atom stereocenters. The van der Waals surface area contributed by atoms with E-state index in [4.69, 9.17) is 31.4 Å². The van der Waals surface area contributed by atoms with Crippen LogP contribution in [0.4, 0.5) is 11.8 Å². The van der Waals surface area contributed by atoms with Crippen LogP contribution >= 0.6 is 0 Å². The first-order valence-electron chi connectivity index (χ1n) is 12.4. The number of esters is 1. The number of methoxy groups -OCH3 is 2. The minimum Gasteiger partial charge on any atom is -0.493 e. The quantitative estimate of drug-likeness (QED) is 0.213. The van der Waals surface area contributed by atoms with Crippen molar-refractivity contribution in [3.8, 4) is 23.3 Å². The number of carbonyl (C=O) groups excluding carboxylic acids is 2. The second-order valence-corrected chi connectivity index (χ2v) is 8.88. The van der Waals surface area contributed by atoms with Gasteiger partial charge in [0.05, 0.1) is 25.3 Å². The number of anilines is 2. The molecule has 2 aromatic carbocycles. The van der Waals surface area contributed by atoms with Gasteiger partial charge >= 0.3 is 5.97 Å². The van der Waals surface area contributed by atoms with E-state index in [9.17, 15) is 14.4 Å². The van der Waals surface area contributed by atoms with Crippen LogP contribution in [0.25, 0.3) is 10.9 Å². The van der Waals surface area contributed by atoms with Gasteiger partial charge in [-0.3, -0.25) is 9.59 Å². The van der Waals surface area contributed by atoms with Gasteiger partial charge in [0, 0.05) is 41.9 Å². The van der Waals surface area contributed by atoms with E-state index in [2.05, 4.69) is 21.8 Å². The van der Waals surface area contributed by atoms with Crippen LogP contribution in [0.15, 0.2) is 47.5 Å². The summed E-state index contributed by atoms with van der Waals surface area (Å²) >= 11 is 0. The summed E-state index contributed by atoms with van der Waals surface area (Å²) in [6.45, 7) is 1.70. The van der Waals surface area contributed by atoms with Crippen LogP contribution in [0.2, 0.25) is 0 Å². The van der Waals surface area contributed by atoms with Crippen LogP contribution in [0.1, 0.15) is 39.5 Å². The number of hydrogen-bond acceptors (Lipinski definition) is 10. The van der Waals surface area contributed by atoms with Gasteiger partial charge in [-0.05, 0) is 42.8 Å². The lowest BCUT2D eigenvalue weighted by atomic mass is 10.0. The molecule has 0 aliphatic carbocycles. The third kappa shape index (κ3) is 6.20. The third-order valence-electron chi connectivity index (χ3n) is 6.18. The zero-order valence-corrected chi connectivity index (χ0v) is 22.7. The molecule has 0 saturated carbocycles. The molecule has 0 spiro atoms. The number of nitrogens with zero attached hydrogens (tertiary/aromatic N) is 3. The molecule has 0 fully saturated rings. The van der Waals surface area contributed by atoms with Gasteiger partial charge in [0.2, 0.25) is 11.4 Å². The number of rotatable bonds is 8. The summed E-state index contributed by atoms with van der Waals surface area (Å²) in [6, 6.07) is 8.71. The van der Waals surface area contributed by atoms with Crippen LogP contribution in [0.5, 0.6) is 11.5 Å². The first-order valence-corrected chi connectivity index (χ1v) is 12.4. The molecule has 6 N–H and O–H groups in total. The lowest BCUT2D eigenvalue weighted by Gasteiger charge is -2.13. The van der Waals surface area contributed by atoms with E-state index in [0.717, 1.165) is 5.56 Å². The largest absolute Gasteiger partial charge is 0.493 e. The Morgan fingerprint density at radius 3 is 2.51 bits per heavy atom. The lowest BCUT2D eigenvalue weighted by molar-refractivity contribution is -0.121. The summed E-state index contributed by atoms with van der Waals surface area (Å²) in [5, 5.41) is 0.301. The highest BCUT2D eigenvalue weighted by Crippen LogP contribution is 2.33. The van der Waals surface area contributed by atoms with Crippen LogP contribution in [-0.4, -0.2) is 47.2 Å². The maximum Gasteiger partial charge on any atom is 0.344 e. The molecule has 1 amide bonds. The van der Waals surface area contributed by atoms with Crippen LogP contribution in [0, 0.1) is 11.8 Å². The topological polar surface area (TPSA) is 188 Å². The van der Waals surface area contributed by atoms with E-state index in [1.165, 1.54) is 20.4 Å². The van der Waals surface area contributed by atoms with Crippen molar-refractivity contribution < 1.29 is 23.8 Å². The van der Waals surface area contributed by atoms with Crippen molar-refractivity contribution in [3.63, 3.8) is 0 Å². The van der Waals surface area contributed by atoms with Crippen LogP contribution in [0.3, 0.4) is 0 Å². The maximum absolute atomic E-state index is 13.0. The second kappa shape index (κ2) is 12.1. The average Bonchev–Trinajstić information content (AvgIpc) is 2.96. The van der Waals surface area contributed by atoms with Gasteiger partial charge in [-0.1, -0.05) is 11.8 Å². The Balaban J connectivity index is 1.74. The number of pyridine rings is 1. The highest BCUT2D eigenvalue weighted by atomic mass is 16.5. The molecule has 12 nitrogen and oxygen atoms in total. The Kier molecular flexibility index (Phi) is 8.38. The van der Waals surface area contributed by atoms with Crippen molar-refractivity contribution >= 4 is 34.5 Å². The fourth-order valence-electron chi connectivity index (χ4n) is 4.24. The summed E-state index contributed by atoms with van der Waals surface area (Å²) in [5.41, 5.74) is 19.2. The number of carbonyl (C=O) groups is 2. The second-order valence-electron chi connectivity index (χ2n) is 8.88. The number of benzene rings is 2. The lowest BCUT2D eigenvalue weighted by Crippen LogP contribution is -2.25. The molecule has 0 atom stereocenters. The molecule has 12 heteroatoms. The Hall–Kier alpha value is -5.57. The minimum absolute atomic E-state index is 0.0910. The van der Waals surface area contributed by atoms with Gasteiger partial charge in [0.25, 0.3) is 5.91 Å². The van der Waals surface area contributed by atoms with Gasteiger partial charge in [-0.15, -0.1) is 0 Å². The first-order chi connectivity index (χ1) is 19.6. The highest BCUT2D eigenvalue weighted by molar-refractivity contribution is 5.95. The van der Waals surface area contributed by atoms with E-state index in [1.54, 1.807) is 29.0 Å². The predicted molar refractivity (Wildman–Crippen MR) is 153 cm³/mol. The summed E-state index contributed by atoms with van der Waals surface area (Å²) in [4.78, 5) is 44.4. The van der Waals surface area contributed by atoms with Crippen LogP contribution < -0.4 is 32.1 Å². The molecule has 0 aliphatic rings. The molecule has 2 heterocycles. The molecule has 4 rings (SSSR count). The SMILES string of the molecule is CCn1cc(C(=O)OCC(N)=O)c(=O)c2ccc(C#Cc3cc(Cc4cnc(N)nc4N)cc(OC)c3OC)cc21. The molecule has 0 bridgehead atoms. The number of aryl methyl sites for hydroxylation is 1. The zero-order valence-electron chi connectivity index (χ0n) is 22.7. The van der Waals surface area contributed by atoms with Crippen molar-refractivity contribution in [1.29, 1.82) is 0 Å². The van der Waals surface area contributed by atoms with Gasteiger partial charge in [0.15, 0.2) is 18.1 Å². The fraction of sp³-hybridized carbons (Fsp3) is 0.207. The number of hydrogen-bond donors (Lipinski definition) is 3.